The summed E-state index contributed by atoms with van der Waals surface area (Å²) in [5.41, 5.74) is 14.7. The van der Waals surface area contributed by atoms with Gasteiger partial charge in [-0.25, -0.2) is 9.59 Å². The number of benzene rings is 2. The van der Waals surface area contributed by atoms with Crippen LogP contribution in [0.1, 0.15) is 96.6 Å². The van der Waals surface area contributed by atoms with Crippen molar-refractivity contribution >= 4 is 108 Å². The molecule has 0 spiro atoms. The number of carboxylic acid groups (broad SMARTS) is 2. The summed E-state index contributed by atoms with van der Waals surface area (Å²) >= 11 is 8.18. The standard InChI is InChI=1S/C57H84N14O18S2/c1-6-28(4)45(69-42(75)22-62-47(78)35(16-11-21-61-56(59)60)68-57(88)89-24-34-32-14-9-7-12-30(32)31-13-8-10-15-33(31)34)53(84)70-44(27(2)3)52(83)64-37(18-20-43(76)77)48(79)63-36(17-19-41(58)74)49(80)66-39(25-90)50(81)67-40(26-91)51(82)71-46(29(5)73)54(85)65-38(23-72)55(86)87/h7-10,12-15,27-29,34-40,44-46,72-73,90-91H,6,11,16-26H2,1-5H3,(H2,58,74)(H,62,78)(H,63,79)(H,64,83)(H,65,85)(H,66,80)(H,67,81)(H,68,88)(H,69,75)(H,70,84)(H,71,82)(H,76,77)(H,86,87)(H4,59,60,61)/t28-,29+,35-,36-,37-,38-,39-,40-,44-,45-,46-/m0/s1. The lowest BCUT2D eigenvalue weighted by atomic mass is 9.96. The Morgan fingerprint density at radius 2 is 1.03 bits per heavy atom. The largest absolute Gasteiger partial charge is 0.481 e. The monoisotopic (exact) mass is 1320 g/mol. The van der Waals surface area contributed by atoms with Crippen molar-refractivity contribution in [3.05, 3.63) is 59.7 Å². The van der Waals surface area contributed by atoms with Gasteiger partial charge in [0.15, 0.2) is 5.96 Å². The van der Waals surface area contributed by atoms with E-state index in [0.29, 0.717) is 6.42 Å². The van der Waals surface area contributed by atoms with Crippen molar-refractivity contribution < 1.29 is 87.5 Å². The molecule has 32 nitrogen and oxygen atoms in total. The van der Waals surface area contributed by atoms with E-state index >= 15 is 0 Å². The van der Waals surface area contributed by atoms with Gasteiger partial charge in [0.2, 0.25) is 59.1 Å². The maximum atomic E-state index is 14.1. The first kappa shape index (κ1) is 76.5. The minimum absolute atomic E-state index is 0.00839. The Hall–Kier alpha value is -8.76. The number of hydrogen-bond acceptors (Lipinski definition) is 19. The highest BCUT2D eigenvalue weighted by atomic mass is 32.1. The van der Waals surface area contributed by atoms with Crippen LogP contribution in [0.3, 0.4) is 0 Å². The van der Waals surface area contributed by atoms with Gasteiger partial charge in [-0.05, 0) is 66.7 Å². The maximum absolute atomic E-state index is 14.1. The van der Waals surface area contributed by atoms with E-state index in [2.05, 4.69) is 78.4 Å². The van der Waals surface area contributed by atoms with E-state index < -0.39 is 200 Å². The number of amides is 11. The van der Waals surface area contributed by atoms with Gasteiger partial charge in [-0.3, -0.25) is 58.1 Å². The van der Waals surface area contributed by atoms with Gasteiger partial charge in [-0.1, -0.05) is 82.6 Å². The van der Waals surface area contributed by atoms with Crippen molar-refractivity contribution in [1.29, 1.82) is 5.41 Å². The number of aliphatic hydroxyl groups excluding tert-OH is 2. The average molecular weight is 1320 g/mol. The second-order valence-electron chi connectivity index (χ2n) is 21.7. The molecule has 2 aromatic rings. The van der Waals surface area contributed by atoms with Crippen LogP contribution >= 0.6 is 25.3 Å². The van der Waals surface area contributed by atoms with Gasteiger partial charge >= 0.3 is 18.0 Å². The first-order valence-corrected chi connectivity index (χ1v) is 30.4. The summed E-state index contributed by atoms with van der Waals surface area (Å²) in [4.78, 5) is 171. The molecule has 11 atom stereocenters. The highest BCUT2D eigenvalue weighted by Gasteiger charge is 2.38. The fourth-order valence-electron chi connectivity index (χ4n) is 9.24. The predicted octanol–water partition coefficient (Wildman–Crippen LogP) is -3.70. The Bertz CT molecular complexity index is 2900. The van der Waals surface area contributed by atoms with E-state index in [1.54, 1.807) is 13.8 Å². The Morgan fingerprint density at radius 3 is 1.52 bits per heavy atom. The summed E-state index contributed by atoms with van der Waals surface area (Å²) < 4.78 is 5.66. The Morgan fingerprint density at radius 1 is 0.571 bits per heavy atom. The van der Waals surface area contributed by atoms with Gasteiger partial charge < -0.3 is 95.1 Å². The molecule has 0 heterocycles. The number of nitrogens with one attached hydrogen (secondary N) is 12. The van der Waals surface area contributed by atoms with Crippen LogP contribution in [-0.2, 0) is 62.3 Å². The third-order valence-electron chi connectivity index (χ3n) is 14.5. The Kier molecular flexibility index (Phi) is 32.0. The van der Waals surface area contributed by atoms with Crippen LogP contribution in [-0.4, -0.2) is 202 Å². The van der Waals surface area contributed by atoms with Crippen molar-refractivity contribution in [1.82, 2.24) is 58.5 Å². The van der Waals surface area contributed by atoms with Gasteiger partial charge in [0, 0.05) is 36.8 Å². The van der Waals surface area contributed by atoms with E-state index in [0.717, 1.165) is 29.2 Å². The number of guanidine groups is 1. The number of carboxylic acids is 2. The van der Waals surface area contributed by atoms with Gasteiger partial charge in [0.25, 0.3) is 0 Å². The number of fused-ring (bicyclic) bond motifs is 3. The van der Waals surface area contributed by atoms with Gasteiger partial charge in [0.05, 0.1) is 19.3 Å². The number of thiol groups is 2. The molecule has 11 amide bonds. The summed E-state index contributed by atoms with van der Waals surface area (Å²) in [6, 6.07) is 1.05. The molecule has 20 N–H and O–H groups in total. The highest BCUT2D eigenvalue weighted by molar-refractivity contribution is 7.80. The Labute approximate surface area is 535 Å². The third kappa shape index (κ3) is 24.5. The number of aliphatic hydroxyl groups is 2. The fraction of sp³-hybridized carbons (Fsp3) is 0.544. The van der Waals surface area contributed by atoms with Crippen LogP contribution < -0.4 is 70.0 Å². The third-order valence-corrected chi connectivity index (χ3v) is 15.2. The maximum Gasteiger partial charge on any atom is 0.407 e. The highest BCUT2D eigenvalue weighted by Crippen LogP contribution is 2.44. The van der Waals surface area contributed by atoms with Crippen LogP contribution in [0, 0.1) is 17.2 Å². The zero-order chi connectivity index (χ0) is 68.2. The minimum Gasteiger partial charge on any atom is -0.481 e. The molecule has 0 unspecified atom stereocenters. The summed E-state index contributed by atoms with van der Waals surface area (Å²) in [6.45, 7) is 5.85. The molecular weight excluding hydrogens is 1230 g/mol. The summed E-state index contributed by atoms with van der Waals surface area (Å²) in [7, 11) is 0. The average Bonchev–Trinajstić information content (AvgIpc) is 1.68. The van der Waals surface area contributed by atoms with Crippen LogP contribution in [0.5, 0.6) is 0 Å². The lowest BCUT2D eigenvalue weighted by Crippen LogP contribution is -2.62. The van der Waals surface area contributed by atoms with Gasteiger partial charge in [-0.15, -0.1) is 0 Å². The lowest BCUT2D eigenvalue weighted by Gasteiger charge is -2.29. The van der Waals surface area contributed by atoms with Crippen molar-refractivity contribution in [2.45, 2.75) is 146 Å². The quantitative estimate of drug-likeness (QED) is 0.0133. The molecule has 0 saturated heterocycles. The second kappa shape index (κ2) is 38.1. The van der Waals surface area contributed by atoms with E-state index in [1.807, 2.05) is 53.8 Å². The molecule has 1 aliphatic rings. The van der Waals surface area contributed by atoms with Gasteiger partial charge in [0.1, 0.15) is 61.0 Å². The second-order valence-corrected chi connectivity index (χ2v) is 22.5. The molecule has 1 aliphatic carbocycles. The number of carbonyl (C=O) groups is 13. The first-order valence-electron chi connectivity index (χ1n) is 29.1. The normalized spacial score (nSPS) is 15.1. The number of carbonyl (C=O) groups excluding carboxylic acids is 11. The number of rotatable bonds is 39. The van der Waals surface area contributed by atoms with Crippen LogP contribution in [0.15, 0.2) is 48.5 Å². The zero-order valence-corrected chi connectivity index (χ0v) is 52.7. The zero-order valence-electron chi connectivity index (χ0n) is 50.9. The molecule has 0 fully saturated rings. The number of aliphatic carboxylic acids is 2. The molecule has 3 rings (SSSR count). The molecule has 34 heteroatoms. The van der Waals surface area contributed by atoms with Crippen molar-refractivity contribution in [2.24, 2.45) is 23.3 Å². The van der Waals surface area contributed by atoms with E-state index in [-0.39, 0.29) is 37.9 Å². The molecule has 0 aliphatic heterocycles. The minimum atomic E-state index is -1.80. The van der Waals surface area contributed by atoms with Gasteiger partial charge in [-0.2, -0.15) is 25.3 Å². The SMILES string of the molecule is CC[C@H](C)[C@H](NC(=O)CNC(=O)[C@H](CCCNC(=N)N)NC(=O)OCC1c2ccccc2-c2ccccc21)C(=O)N[C@H](C(=O)N[C@@H](CCC(=O)O)C(=O)N[C@@H](CCC(N)=O)C(=O)N[C@@H](CS)C(=O)N[C@@H](CS)C(=O)N[C@H](C(=O)N[C@@H](CO)C(=O)O)[C@@H](C)O)C(C)C. The van der Waals surface area contributed by atoms with Crippen LogP contribution in [0.4, 0.5) is 4.79 Å². The molecule has 0 bridgehead atoms. The molecule has 0 aromatic heterocycles. The predicted molar refractivity (Wildman–Crippen MR) is 333 cm³/mol. The molecule has 0 radical (unpaired) electrons. The van der Waals surface area contributed by atoms with E-state index in [4.69, 9.17) is 21.6 Å². The number of alkyl carbamates (subject to hydrolysis) is 1. The van der Waals surface area contributed by atoms with Crippen molar-refractivity contribution in [2.75, 3.05) is 37.8 Å². The summed E-state index contributed by atoms with van der Waals surface area (Å²) in [6.07, 6.45) is -4.40. The number of hydrogen-bond donors (Lipinski definition) is 20. The number of primary amides is 1. The summed E-state index contributed by atoms with van der Waals surface area (Å²) in [5.74, 6) is -16.1. The lowest BCUT2D eigenvalue weighted by molar-refractivity contribution is -0.144. The molecular formula is C57H84N14O18S2. The number of nitrogens with two attached hydrogens (primary N) is 2. The fourth-order valence-corrected chi connectivity index (χ4v) is 9.75. The molecule has 2 aromatic carbocycles. The number of ether oxygens (including phenoxy) is 1. The first-order chi connectivity index (χ1) is 43.0. The molecule has 502 valence electrons. The summed E-state index contributed by atoms with van der Waals surface area (Å²) in [5, 5.41) is 72.0. The smallest absolute Gasteiger partial charge is 0.407 e. The molecule has 91 heavy (non-hydrogen) atoms. The van der Waals surface area contributed by atoms with Crippen LogP contribution in [0.25, 0.3) is 11.1 Å². The van der Waals surface area contributed by atoms with E-state index in [1.165, 1.54) is 13.8 Å². The van der Waals surface area contributed by atoms with E-state index in [9.17, 15) is 82.8 Å². The Balaban J connectivity index is 1.74. The van der Waals surface area contributed by atoms with Crippen LogP contribution in [0.2, 0.25) is 0 Å². The topological polar surface area (TPSA) is 520 Å². The van der Waals surface area contributed by atoms with Crippen molar-refractivity contribution in [3.8, 4) is 11.1 Å². The van der Waals surface area contributed by atoms with Crippen molar-refractivity contribution in [3.63, 3.8) is 0 Å². The molecule has 0 saturated carbocycles.